The second-order valence-corrected chi connectivity index (χ2v) is 3.03. The van der Waals surface area contributed by atoms with E-state index in [-0.39, 0.29) is 16.6 Å². The van der Waals surface area contributed by atoms with E-state index in [0.717, 1.165) is 6.20 Å². The third kappa shape index (κ3) is 3.93. The number of oxime groups is 1. The molecule has 0 aliphatic carbocycles. The second kappa shape index (κ2) is 5.02. The molecule has 1 aromatic rings. The molecule has 0 aromatic carbocycles. The van der Waals surface area contributed by atoms with Gasteiger partial charge in [-0.05, 0) is 12.1 Å². The highest BCUT2D eigenvalue weighted by Gasteiger charge is 2.28. The Bertz CT molecular complexity index is 378. The predicted molar refractivity (Wildman–Crippen MR) is 50.0 cm³/mol. The number of ether oxygens (including phenoxy) is 1. The van der Waals surface area contributed by atoms with E-state index < -0.39 is 12.8 Å². The number of nitrogens with zero attached hydrogens (tertiary/aromatic N) is 2. The highest BCUT2D eigenvalue weighted by molar-refractivity contribution is 6.69. The van der Waals surface area contributed by atoms with Crippen LogP contribution in [0.5, 0.6) is 5.75 Å². The van der Waals surface area contributed by atoms with Crippen molar-refractivity contribution in [2.75, 3.05) is 6.61 Å². The van der Waals surface area contributed by atoms with E-state index in [4.69, 9.17) is 16.8 Å². The van der Waals surface area contributed by atoms with E-state index in [1.54, 1.807) is 0 Å². The van der Waals surface area contributed by atoms with Gasteiger partial charge < -0.3 is 9.94 Å². The van der Waals surface area contributed by atoms with Crippen molar-refractivity contribution in [3.63, 3.8) is 0 Å². The van der Waals surface area contributed by atoms with Crippen LogP contribution >= 0.6 is 11.6 Å². The quantitative estimate of drug-likeness (QED) is 0.512. The monoisotopic (exact) mass is 254 g/mol. The Balaban J connectivity index is 2.65. The van der Waals surface area contributed by atoms with Gasteiger partial charge >= 0.3 is 6.18 Å². The number of halogens is 4. The lowest BCUT2D eigenvalue weighted by Crippen LogP contribution is -2.19. The number of hydrogen-bond donors (Lipinski definition) is 1. The molecule has 0 aliphatic rings. The molecule has 0 aliphatic heterocycles. The zero-order valence-electron chi connectivity index (χ0n) is 7.70. The van der Waals surface area contributed by atoms with Gasteiger partial charge in [0.2, 0.25) is 0 Å². The lowest BCUT2D eigenvalue weighted by Gasteiger charge is -2.08. The fourth-order valence-electron chi connectivity index (χ4n) is 0.804. The van der Waals surface area contributed by atoms with E-state index >= 15 is 0 Å². The van der Waals surface area contributed by atoms with E-state index in [9.17, 15) is 13.2 Å². The minimum Gasteiger partial charge on any atom is -0.483 e. The summed E-state index contributed by atoms with van der Waals surface area (Å²) >= 11 is 5.41. The van der Waals surface area contributed by atoms with Gasteiger partial charge in [-0.1, -0.05) is 16.8 Å². The van der Waals surface area contributed by atoms with Crippen molar-refractivity contribution < 1.29 is 23.1 Å². The van der Waals surface area contributed by atoms with Gasteiger partial charge in [-0.2, -0.15) is 13.2 Å². The van der Waals surface area contributed by atoms with Gasteiger partial charge in [0.25, 0.3) is 0 Å². The van der Waals surface area contributed by atoms with Crippen molar-refractivity contribution in [2.45, 2.75) is 6.18 Å². The Hall–Kier alpha value is -1.50. The van der Waals surface area contributed by atoms with E-state index in [2.05, 4.69) is 14.9 Å². The topological polar surface area (TPSA) is 54.7 Å². The van der Waals surface area contributed by atoms with Crippen molar-refractivity contribution in [1.29, 1.82) is 0 Å². The number of pyridine rings is 1. The van der Waals surface area contributed by atoms with Gasteiger partial charge in [0, 0.05) is 0 Å². The fourth-order valence-corrected chi connectivity index (χ4v) is 0.916. The van der Waals surface area contributed by atoms with Crippen LogP contribution in [0.15, 0.2) is 23.5 Å². The lowest BCUT2D eigenvalue weighted by atomic mass is 10.3. The molecule has 16 heavy (non-hydrogen) atoms. The zero-order valence-corrected chi connectivity index (χ0v) is 8.46. The third-order valence-corrected chi connectivity index (χ3v) is 1.71. The highest BCUT2D eigenvalue weighted by atomic mass is 35.5. The molecule has 8 heteroatoms. The molecule has 0 amide bonds. The van der Waals surface area contributed by atoms with Crippen LogP contribution in [0.1, 0.15) is 5.69 Å². The minimum atomic E-state index is -4.40. The summed E-state index contributed by atoms with van der Waals surface area (Å²) < 4.78 is 39.8. The number of alkyl halides is 3. The van der Waals surface area contributed by atoms with Crippen LogP contribution in [-0.2, 0) is 0 Å². The molecule has 88 valence electrons. The van der Waals surface area contributed by atoms with Crippen LogP contribution in [-0.4, -0.2) is 28.1 Å². The molecule has 1 heterocycles. The number of hydrogen-bond acceptors (Lipinski definition) is 4. The molecule has 0 saturated heterocycles. The number of rotatable bonds is 3. The van der Waals surface area contributed by atoms with E-state index in [1.165, 1.54) is 12.1 Å². The lowest BCUT2D eigenvalue weighted by molar-refractivity contribution is -0.153. The third-order valence-electron chi connectivity index (χ3n) is 1.44. The van der Waals surface area contributed by atoms with Crippen LogP contribution in [0, 0.1) is 0 Å². The first-order valence-corrected chi connectivity index (χ1v) is 4.34. The van der Waals surface area contributed by atoms with Crippen molar-refractivity contribution in [2.24, 2.45) is 5.16 Å². The van der Waals surface area contributed by atoms with E-state index in [0.29, 0.717) is 0 Å². The van der Waals surface area contributed by atoms with Gasteiger partial charge in [0.05, 0.1) is 6.20 Å². The highest BCUT2D eigenvalue weighted by Crippen LogP contribution is 2.18. The standard InChI is InChI=1S/C8H6ClF3N2O2/c9-7(14-15)6-2-1-5(3-13-6)16-4-8(10,11)12/h1-3,15H,4H2/b14-7-. The fraction of sp³-hybridized carbons (Fsp3) is 0.250. The Kier molecular flexibility index (Phi) is 3.94. The summed E-state index contributed by atoms with van der Waals surface area (Å²) in [6.07, 6.45) is -3.35. The summed E-state index contributed by atoms with van der Waals surface area (Å²) in [4.78, 5) is 3.64. The molecule has 1 N–H and O–H groups in total. The predicted octanol–water partition coefficient (Wildman–Crippen LogP) is 2.40. The van der Waals surface area contributed by atoms with Crippen molar-refractivity contribution in [3.8, 4) is 5.75 Å². The normalized spacial score (nSPS) is 12.6. The molecule has 0 bridgehead atoms. The summed E-state index contributed by atoms with van der Waals surface area (Å²) in [6, 6.07) is 2.51. The Morgan fingerprint density at radius 2 is 2.19 bits per heavy atom. The summed E-state index contributed by atoms with van der Waals surface area (Å²) in [5, 5.41) is 10.7. The first-order chi connectivity index (χ1) is 7.42. The molecule has 1 aromatic heterocycles. The molecule has 0 radical (unpaired) electrons. The maximum atomic E-state index is 11.8. The molecule has 0 spiro atoms. The van der Waals surface area contributed by atoms with E-state index in [1.807, 2.05) is 0 Å². The first kappa shape index (κ1) is 12.6. The van der Waals surface area contributed by atoms with Crippen LogP contribution in [0.3, 0.4) is 0 Å². The Labute approximate surface area is 93.3 Å². The molecule has 0 unspecified atom stereocenters. The second-order valence-electron chi connectivity index (χ2n) is 2.67. The van der Waals surface area contributed by atoms with Crippen molar-refractivity contribution >= 4 is 16.8 Å². The molecule has 4 nitrogen and oxygen atoms in total. The summed E-state index contributed by atoms with van der Waals surface area (Å²) in [6.45, 7) is -1.39. The van der Waals surface area contributed by atoms with Gasteiger partial charge in [-0.25, -0.2) is 4.98 Å². The van der Waals surface area contributed by atoms with Crippen LogP contribution in [0.4, 0.5) is 13.2 Å². The SMILES string of the molecule is O/N=C(\Cl)c1ccc(OCC(F)(F)F)cn1. The Morgan fingerprint density at radius 3 is 2.62 bits per heavy atom. The van der Waals surface area contributed by atoms with Crippen LogP contribution in [0.2, 0.25) is 0 Å². The number of aromatic nitrogens is 1. The molecule has 0 saturated carbocycles. The van der Waals surface area contributed by atoms with Gasteiger partial charge in [0.15, 0.2) is 11.8 Å². The maximum Gasteiger partial charge on any atom is 0.422 e. The molecule has 1 rings (SSSR count). The Morgan fingerprint density at radius 1 is 1.50 bits per heavy atom. The summed E-state index contributed by atoms with van der Waals surface area (Å²) in [5.41, 5.74) is 0.128. The maximum absolute atomic E-state index is 11.8. The largest absolute Gasteiger partial charge is 0.483 e. The smallest absolute Gasteiger partial charge is 0.422 e. The van der Waals surface area contributed by atoms with Gasteiger partial charge in [-0.15, -0.1) is 0 Å². The van der Waals surface area contributed by atoms with Crippen molar-refractivity contribution in [1.82, 2.24) is 4.98 Å². The molecular formula is C8H6ClF3N2O2. The van der Waals surface area contributed by atoms with Crippen LogP contribution in [0.25, 0.3) is 0 Å². The first-order valence-electron chi connectivity index (χ1n) is 3.96. The van der Waals surface area contributed by atoms with Crippen molar-refractivity contribution in [3.05, 3.63) is 24.0 Å². The van der Waals surface area contributed by atoms with Gasteiger partial charge in [0.1, 0.15) is 11.4 Å². The summed E-state index contributed by atoms with van der Waals surface area (Å²) in [7, 11) is 0. The van der Waals surface area contributed by atoms with Crippen LogP contribution < -0.4 is 4.74 Å². The summed E-state index contributed by atoms with van der Waals surface area (Å²) in [5.74, 6) is -0.0523. The molecular weight excluding hydrogens is 249 g/mol. The molecule has 0 fully saturated rings. The zero-order chi connectivity index (χ0) is 12.2. The average Bonchev–Trinajstić information content (AvgIpc) is 2.25. The minimum absolute atomic E-state index is 0.0523. The molecule has 0 atom stereocenters. The average molecular weight is 255 g/mol. The van der Waals surface area contributed by atoms with Gasteiger partial charge in [-0.3, -0.25) is 0 Å².